The number of hydrogen-bond donors (Lipinski definition) is 1. The molecule has 0 bridgehead atoms. The van der Waals surface area contributed by atoms with Crippen LogP contribution in [-0.2, 0) is 9.59 Å². The predicted octanol–water partition coefficient (Wildman–Crippen LogP) is 3.95. The summed E-state index contributed by atoms with van der Waals surface area (Å²) in [7, 11) is 1.61. The van der Waals surface area contributed by atoms with E-state index in [-0.39, 0.29) is 18.2 Å². The lowest BCUT2D eigenvalue weighted by Gasteiger charge is -2.16. The van der Waals surface area contributed by atoms with Gasteiger partial charge < -0.3 is 15.0 Å². The van der Waals surface area contributed by atoms with Crippen LogP contribution in [0.3, 0.4) is 0 Å². The lowest BCUT2D eigenvalue weighted by atomic mass is 10.1. The quantitative estimate of drug-likeness (QED) is 0.718. The van der Waals surface area contributed by atoms with Gasteiger partial charge in [-0.2, -0.15) is 0 Å². The maximum absolute atomic E-state index is 12.6. The van der Waals surface area contributed by atoms with Gasteiger partial charge in [0.25, 0.3) is 0 Å². The number of benzene rings is 2. The van der Waals surface area contributed by atoms with Crippen molar-refractivity contribution in [3.05, 3.63) is 47.5 Å². The van der Waals surface area contributed by atoms with E-state index in [4.69, 9.17) is 16.3 Å². The van der Waals surface area contributed by atoms with E-state index in [2.05, 4.69) is 10.3 Å². The molecule has 138 valence electrons. The number of nitrogens with zero attached hydrogens (tertiary/aromatic N) is 2. The van der Waals surface area contributed by atoms with E-state index in [0.717, 1.165) is 21.7 Å². The summed E-state index contributed by atoms with van der Waals surface area (Å²) >= 11 is 7.27. The first-order valence-corrected chi connectivity index (χ1v) is 9.54. The van der Waals surface area contributed by atoms with Crippen LogP contribution in [0.2, 0.25) is 5.02 Å². The van der Waals surface area contributed by atoms with Gasteiger partial charge in [0.05, 0.1) is 23.2 Å². The Balaban J connectivity index is 1.47. The van der Waals surface area contributed by atoms with Gasteiger partial charge in [-0.15, -0.1) is 0 Å². The minimum atomic E-state index is -0.422. The first-order chi connectivity index (χ1) is 13.0. The number of aromatic nitrogens is 1. The van der Waals surface area contributed by atoms with Crippen molar-refractivity contribution in [3.8, 4) is 5.75 Å². The zero-order valence-electron chi connectivity index (χ0n) is 14.4. The third-order valence-electron chi connectivity index (χ3n) is 4.46. The second-order valence-corrected chi connectivity index (χ2v) is 7.69. The Morgan fingerprint density at radius 3 is 2.81 bits per heavy atom. The van der Waals surface area contributed by atoms with Crippen LogP contribution in [-0.4, -0.2) is 30.5 Å². The van der Waals surface area contributed by atoms with Crippen molar-refractivity contribution in [2.75, 3.05) is 23.9 Å². The summed E-state index contributed by atoms with van der Waals surface area (Å²) < 4.78 is 6.13. The van der Waals surface area contributed by atoms with Crippen molar-refractivity contribution in [2.24, 2.45) is 5.92 Å². The van der Waals surface area contributed by atoms with E-state index >= 15 is 0 Å². The smallest absolute Gasteiger partial charge is 0.231 e. The summed E-state index contributed by atoms with van der Waals surface area (Å²) in [5.74, 6) is 0.0380. The molecule has 6 nitrogen and oxygen atoms in total. The number of amides is 2. The number of ether oxygens (including phenoxy) is 1. The van der Waals surface area contributed by atoms with Crippen molar-refractivity contribution in [3.63, 3.8) is 0 Å². The first-order valence-electron chi connectivity index (χ1n) is 8.35. The first kappa shape index (κ1) is 17.8. The highest BCUT2D eigenvalue weighted by Gasteiger charge is 2.35. The van der Waals surface area contributed by atoms with Crippen LogP contribution < -0.4 is 15.0 Å². The Labute approximate surface area is 164 Å². The summed E-state index contributed by atoms with van der Waals surface area (Å²) in [5.41, 5.74) is 1.54. The molecule has 0 saturated carbocycles. The molecule has 1 unspecified atom stereocenters. The van der Waals surface area contributed by atoms with E-state index in [1.54, 1.807) is 36.3 Å². The molecule has 8 heteroatoms. The van der Waals surface area contributed by atoms with Gasteiger partial charge in [-0.25, -0.2) is 4.98 Å². The van der Waals surface area contributed by atoms with Gasteiger partial charge in [0, 0.05) is 23.7 Å². The van der Waals surface area contributed by atoms with Gasteiger partial charge in [-0.05, 0) is 42.5 Å². The van der Waals surface area contributed by atoms with Crippen molar-refractivity contribution < 1.29 is 14.3 Å². The summed E-state index contributed by atoms with van der Waals surface area (Å²) in [6.07, 6.45) is 0.174. The fourth-order valence-electron chi connectivity index (χ4n) is 3.05. The molecule has 2 amide bonds. The molecular formula is C19H16ClN3O3S. The lowest BCUT2D eigenvalue weighted by molar-refractivity contribution is -0.122. The molecule has 3 aromatic rings. The van der Waals surface area contributed by atoms with E-state index in [9.17, 15) is 9.59 Å². The summed E-state index contributed by atoms with van der Waals surface area (Å²) in [6.45, 7) is 0.338. The summed E-state index contributed by atoms with van der Waals surface area (Å²) in [5, 5.41) is 3.96. The molecule has 2 aromatic carbocycles. The molecule has 2 heterocycles. The summed E-state index contributed by atoms with van der Waals surface area (Å²) in [4.78, 5) is 31.0. The molecule has 1 saturated heterocycles. The number of hydrogen-bond acceptors (Lipinski definition) is 5. The Morgan fingerprint density at radius 1 is 1.30 bits per heavy atom. The van der Waals surface area contributed by atoms with Gasteiger partial charge in [0.2, 0.25) is 11.8 Å². The molecule has 1 aromatic heterocycles. The van der Waals surface area contributed by atoms with Crippen molar-refractivity contribution in [2.45, 2.75) is 6.42 Å². The highest BCUT2D eigenvalue weighted by atomic mass is 35.5. The van der Waals surface area contributed by atoms with Crippen LogP contribution >= 0.6 is 22.9 Å². The predicted molar refractivity (Wildman–Crippen MR) is 107 cm³/mol. The SMILES string of the molecule is COc1ccc2nc(NC(=O)C3CC(=O)N(c4ccc(Cl)cc4)C3)sc2c1. The number of nitrogens with one attached hydrogen (secondary N) is 1. The fourth-order valence-corrected chi connectivity index (χ4v) is 4.07. The molecule has 0 spiro atoms. The highest BCUT2D eigenvalue weighted by Crippen LogP contribution is 2.31. The molecule has 4 rings (SSSR count). The Kier molecular flexibility index (Phi) is 4.72. The Hall–Kier alpha value is -2.64. The molecule has 1 fully saturated rings. The number of halogens is 1. The van der Waals surface area contributed by atoms with E-state index in [1.165, 1.54) is 11.3 Å². The molecule has 27 heavy (non-hydrogen) atoms. The molecule has 1 aliphatic heterocycles. The number of carbonyl (C=O) groups excluding carboxylic acids is 2. The van der Waals surface area contributed by atoms with Crippen LogP contribution in [0.15, 0.2) is 42.5 Å². The number of thiazole rings is 1. The standard InChI is InChI=1S/C19H16ClN3O3S/c1-26-14-6-7-15-16(9-14)27-19(21-15)22-18(25)11-8-17(24)23(10-11)13-4-2-12(20)3-5-13/h2-7,9,11H,8,10H2,1H3,(H,21,22,25). The minimum absolute atomic E-state index is 0.0773. The number of carbonyl (C=O) groups is 2. The van der Waals surface area contributed by atoms with Gasteiger partial charge in [-0.3, -0.25) is 9.59 Å². The third kappa shape index (κ3) is 3.61. The van der Waals surface area contributed by atoms with Crippen LogP contribution in [0.1, 0.15) is 6.42 Å². The maximum Gasteiger partial charge on any atom is 0.231 e. The van der Waals surface area contributed by atoms with Crippen molar-refractivity contribution in [1.82, 2.24) is 4.98 Å². The average molecular weight is 402 g/mol. The minimum Gasteiger partial charge on any atom is -0.497 e. The van der Waals surface area contributed by atoms with Crippen LogP contribution in [0, 0.1) is 5.92 Å². The largest absolute Gasteiger partial charge is 0.497 e. The van der Waals surface area contributed by atoms with Crippen LogP contribution in [0.5, 0.6) is 5.75 Å². The van der Waals surface area contributed by atoms with Crippen molar-refractivity contribution in [1.29, 1.82) is 0 Å². The maximum atomic E-state index is 12.6. The molecule has 0 aliphatic carbocycles. The second-order valence-electron chi connectivity index (χ2n) is 6.22. The molecule has 1 aliphatic rings. The van der Waals surface area contributed by atoms with Crippen LogP contribution in [0.4, 0.5) is 10.8 Å². The number of rotatable bonds is 4. The van der Waals surface area contributed by atoms with E-state index in [1.807, 2.05) is 18.2 Å². The molecule has 1 N–H and O–H groups in total. The van der Waals surface area contributed by atoms with Gasteiger partial charge in [0.15, 0.2) is 5.13 Å². The van der Waals surface area contributed by atoms with Crippen molar-refractivity contribution >= 4 is 55.8 Å². The fraction of sp³-hybridized carbons (Fsp3) is 0.211. The number of methoxy groups -OCH3 is 1. The normalized spacial score (nSPS) is 16.7. The van der Waals surface area contributed by atoms with E-state index < -0.39 is 5.92 Å². The topological polar surface area (TPSA) is 71.5 Å². The van der Waals surface area contributed by atoms with Gasteiger partial charge >= 0.3 is 0 Å². The van der Waals surface area contributed by atoms with Crippen LogP contribution in [0.25, 0.3) is 10.2 Å². The number of fused-ring (bicyclic) bond motifs is 1. The molecule has 0 radical (unpaired) electrons. The monoisotopic (exact) mass is 401 g/mol. The highest BCUT2D eigenvalue weighted by molar-refractivity contribution is 7.22. The number of anilines is 2. The molecule has 1 atom stereocenters. The average Bonchev–Trinajstić information content (AvgIpc) is 3.24. The van der Waals surface area contributed by atoms with Gasteiger partial charge in [0.1, 0.15) is 5.75 Å². The second kappa shape index (κ2) is 7.17. The third-order valence-corrected chi connectivity index (χ3v) is 5.65. The Bertz CT molecular complexity index is 1020. The van der Waals surface area contributed by atoms with E-state index in [0.29, 0.717) is 16.7 Å². The zero-order chi connectivity index (χ0) is 19.0. The lowest BCUT2D eigenvalue weighted by Crippen LogP contribution is -2.28. The molecular weight excluding hydrogens is 386 g/mol. The zero-order valence-corrected chi connectivity index (χ0v) is 16.0. The van der Waals surface area contributed by atoms with Gasteiger partial charge in [-0.1, -0.05) is 22.9 Å². The summed E-state index contributed by atoms with van der Waals surface area (Å²) in [6, 6.07) is 12.6. The Morgan fingerprint density at radius 2 is 2.07 bits per heavy atom.